The second-order valence-electron chi connectivity index (χ2n) is 6.62. The van der Waals surface area contributed by atoms with Gasteiger partial charge in [-0.15, -0.1) is 0 Å². The molecule has 0 fully saturated rings. The van der Waals surface area contributed by atoms with E-state index in [1.807, 2.05) is 19.9 Å². The van der Waals surface area contributed by atoms with Crippen LogP contribution in [0.25, 0.3) is 0 Å². The minimum atomic E-state index is -1.11. The van der Waals surface area contributed by atoms with Gasteiger partial charge in [0.05, 0.1) is 5.57 Å². The topological polar surface area (TPSA) is 72.8 Å². The highest BCUT2D eigenvalue weighted by Gasteiger charge is 2.23. The molecule has 0 radical (unpaired) electrons. The summed E-state index contributed by atoms with van der Waals surface area (Å²) in [5, 5.41) is 9.32. The zero-order chi connectivity index (χ0) is 18.5. The van der Waals surface area contributed by atoms with Crippen molar-refractivity contribution in [2.24, 2.45) is 5.41 Å². The molecule has 0 amide bonds. The van der Waals surface area contributed by atoms with Crippen LogP contribution in [0.3, 0.4) is 0 Å². The van der Waals surface area contributed by atoms with Crippen molar-refractivity contribution < 1.29 is 24.2 Å². The minimum Gasteiger partial charge on any atom is -0.478 e. The Kier molecular flexibility index (Phi) is 6.58. The third-order valence-electron chi connectivity index (χ3n) is 4.09. The zero-order valence-electron chi connectivity index (χ0n) is 15.2. The maximum atomic E-state index is 11.4. The molecule has 1 aliphatic heterocycles. The standard InChI is InChI=1S/C19H26O5/c1-7-19(5,6)15(12(2)3)9-8-14(17(20)21)11-23-16-10-13(4)18(22)24-16/h8-11,16H,7H2,1-6H3,(H,20,21)/b9-8+,14-11-. The van der Waals surface area contributed by atoms with Gasteiger partial charge in [0.2, 0.25) is 0 Å². The molecule has 5 nitrogen and oxygen atoms in total. The van der Waals surface area contributed by atoms with E-state index in [2.05, 4.69) is 20.8 Å². The van der Waals surface area contributed by atoms with Gasteiger partial charge in [0.1, 0.15) is 6.26 Å². The van der Waals surface area contributed by atoms with Crippen LogP contribution in [0.4, 0.5) is 0 Å². The summed E-state index contributed by atoms with van der Waals surface area (Å²) in [4.78, 5) is 22.7. The van der Waals surface area contributed by atoms with Gasteiger partial charge in [-0.2, -0.15) is 0 Å². The van der Waals surface area contributed by atoms with Gasteiger partial charge in [0.15, 0.2) is 0 Å². The first kappa shape index (κ1) is 19.7. The van der Waals surface area contributed by atoms with E-state index in [0.717, 1.165) is 23.8 Å². The number of ether oxygens (including phenoxy) is 2. The smallest absolute Gasteiger partial charge is 0.338 e. The Balaban J connectivity index is 2.97. The second-order valence-corrected chi connectivity index (χ2v) is 6.62. The number of hydrogen-bond donors (Lipinski definition) is 1. The molecular weight excluding hydrogens is 308 g/mol. The third-order valence-corrected chi connectivity index (χ3v) is 4.09. The molecule has 5 heteroatoms. The molecule has 1 heterocycles. The number of cyclic esters (lactones) is 1. The molecule has 1 aliphatic rings. The number of carbonyl (C=O) groups excluding carboxylic acids is 1. The van der Waals surface area contributed by atoms with Gasteiger partial charge < -0.3 is 14.6 Å². The Morgan fingerprint density at radius 2 is 2.00 bits per heavy atom. The Labute approximate surface area is 143 Å². The lowest BCUT2D eigenvalue weighted by atomic mass is 9.79. The Morgan fingerprint density at radius 1 is 1.38 bits per heavy atom. The first-order valence-electron chi connectivity index (χ1n) is 7.93. The first-order valence-corrected chi connectivity index (χ1v) is 7.93. The van der Waals surface area contributed by atoms with Crippen molar-refractivity contribution >= 4 is 11.9 Å². The van der Waals surface area contributed by atoms with Crippen LogP contribution in [-0.4, -0.2) is 23.3 Å². The van der Waals surface area contributed by atoms with E-state index < -0.39 is 18.2 Å². The predicted octanol–water partition coefficient (Wildman–Crippen LogP) is 4.13. The summed E-state index contributed by atoms with van der Waals surface area (Å²) >= 11 is 0. The predicted molar refractivity (Wildman–Crippen MR) is 92.0 cm³/mol. The molecule has 1 N–H and O–H groups in total. The van der Waals surface area contributed by atoms with Crippen LogP contribution < -0.4 is 0 Å². The average Bonchev–Trinajstić information content (AvgIpc) is 2.80. The Morgan fingerprint density at radius 3 is 2.42 bits per heavy atom. The van der Waals surface area contributed by atoms with Crippen molar-refractivity contribution in [1.82, 2.24) is 0 Å². The van der Waals surface area contributed by atoms with Crippen molar-refractivity contribution in [3.63, 3.8) is 0 Å². The van der Waals surface area contributed by atoms with Gasteiger partial charge in [0.25, 0.3) is 6.29 Å². The molecule has 0 saturated carbocycles. The van der Waals surface area contributed by atoms with Crippen LogP contribution in [0.5, 0.6) is 0 Å². The molecule has 0 aromatic carbocycles. The highest BCUT2D eigenvalue weighted by Crippen LogP contribution is 2.33. The molecule has 1 atom stereocenters. The maximum absolute atomic E-state index is 11.4. The van der Waals surface area contributed by atoms with E-state index in [4.69, 9.17) is 9.47 Å². The summed E-state index contributed by atoms with van der Waals surface area (Å²) in [6.07, 6.45) is 5.98. The van der Waals surface area contributed by atoms with Crippen molar-refractivity contribution in [1.29, 1.82) is 0 Å². The lowest BCUT2D eigenvalue weighted by Crippen LogP contribution is -2.13. The van der Waals surface area contributed by atoms with Gasteiger partial charge in [-0.1, -0.05) is 32.4 Å². The van der Waals surface area contributed by atoms with Crippen molar-refractivity contribution in [2.75, 3.05) is 0 Å². The quantitative estimate of drug-likeness (QED) is 0.328. The molecule has 24 heavy (non-hydrogen) atoms. The molecule has 1 unspecified atom stereocenters. The van der Waals surface area contributed by atoms with Gasteiger partial charge in [-0.3, -0.25) is 0 Å². The molecule has 1 rings (SSSR count). The zero-order valence-corrected chi connectivity index (χ0v) is 15.2. The number of carboxylic acid groups (broad SMARTS) is 1. The number of hydrogen-bond acceptors (Lipinski definition) is 4. The van der Waals surface area contributed by atoms with E-state index in [1.54, 1.807) is 6.92 Å². The van der Waals surface area contributed by atoms with Crippen LogP contribution in [0.2, 0.25) is 0 Å². The summed E-state index contributed by atoms with van der Waals surface area (Å²) in [5.41, 5.74) is 2.58. The summed E-state index contributed by atoms with van der Waals surface area (Å²) in [6, 6.07) is 0. The van der Waals surface area contributed by atoms with Crippen molar-refractivity contribution in [3.8, 4) is 0 Å². The van der Waals surface area contributed by atoms with E-state index in [1.165, 1.54) is 12.2 Å². The van der Waals surface area contributed by atoms with Crippen LogP contribution in [0.15, 0.2) is 46.8 Å². The van der Waals surface area contributed by atoms with Gasteiger partial charge in [0, 0.05) is 11.6 Å². The molecule has 0 bridgehead atoms. The van der Waals surface area contributed by atoms with Crippen molar-refractivity contribution in [2.45, 2.75) is 54.3 Å². The highest BCUT2D eigenvalue weighted by molar-refractivity contribution is 5.90. The number of esters is 1. The third kappa shape index (κ3) is 5.11. The molecule has 0 aromatic rings. The number of allylic oxidation sites excluding steroid dienone is 3. The summed E-state index contributed by atoms with van der Waals surface area (Å²) in [7, 11) is 0. The lowest BCUT2D eigenvalue weighted by Gasteiger charge is -2.26. The Hall–Kier alpha value is -2.30. The van der Waals surface area contributed by atoms with Crippen molar-refractivity contribution in [3.05, 3.63) is 46.8 Å². The van der Waals surface area contributed by atoms with Crippen LogP contribution >= 0.6 is 0 Å². The number of aliphatic carboxylic acids is 1. The van der Waals surface area contributed by atoms with Crippen LogP contribution in [0, 0.1) is 5.41 Å². The fourth-order valence-corrected chi connectivity index (χ4v) is 2.31. The SMILES string of the molecule is CCC(C)(C)C(/C=C/C(=C/OC1C=C(C)C(=O)O1)C(=O)O)=C(C)C. The van der Waals surface area contributed by atoms with Gasteiger partial charge in [-0.05, 0) is 44.3 Å². The van der Waals surface area contributed by atoms with Gasteiger partial charge in [-0.25, -0.2) is 9.59 Å². The normalized spacial score (nSPS) is 18.4. The molecule has 0 spiro atoms. The Bertz CT molecular complexity index is 628. The minimum absolute atomic E-state index is 0.0188. The fraction of sp³-hybridized carbons (Fsp3) is 0.474. The van der Waals surface area contributed by atoms with E-state index in [9.17, 15) is 14.7 Å². The average molecular weight is 334 g/mol. The van der Waals surface area contributed by atoms with E-state index in [-0.39, 0.29) is 11.0 Å². The van der Waals surface area contributed by atoms with E-state index in [0.29, 0.717) is 5.57 Å². The number of carboxylic acids is 1. The highest BCUT2D eigenvalue weighted by atomic mass is 16.7. The van der Waals surface area contributed by atoms with Crippen LogP contribution in [0.1, 0.15) is 48.0 Å². The molecule has 0 aliphatic carbocycles. The largest absolute Gasteiger partial charge is 0.478 e. The first-order chi connectivity index (χ1) is 11.1. The van der Waals surface area contributed by atoms with E-state index >= 15 is 0 Å². The number of rotatable bonds is 7. The summed E-state index contributed by atoms with van der Waals surface area (Å²) < 4.78 is 10.2. The van der Waals surface area contributed by atoms with Crippen LogP contribution in [-0.2, 0) is 19.1 Å². The molecule has 0 aromatic heterocycles. The lowest BCUT2D eigenvalue weighted by molar-refractivity contribution is -0.152. The molecular formula is C19H26O5. The maximum Gasteiger partial charge on any atom is 0.338 e. The number of carbonyl (C=O) groups is 2. The fourth-order valence-electron chi connectivity index (χ4n) is 2.31. The second kappa shape index (κ2) is 7.99. The summed E-state index contributed by atoms with van der Waals surface area (Å²) in [6.45, 7) is 11.9. The molecule has 0 saturated heterocycles. The molecule has 132 valence electrons. The van der Waals surface area contributed by atoms with Gasteiger partial charge >= 0.3 is 11.9 Å². The summed E-state index contributed by atoms with van der Waals surface area (Å²) in [5.74, 6) is -1.57. The monoisotopic (exact) mass is 334 g/mol.